The molecule has 0 amide bonds. The van der Waals surface area contributed by atoms with Crippen LogP contribution in [0.5, 0.6) is 5.75 Å². The van der Waals surface area contributed by atoms with Gasteiger partial charge in [0.15, 0.2) is 0 Å². The summed E-state index contributed by atoms with van der Waals surface area (Å²) in [5, 5.41) is 4.19. The molecule has 0 N–H and O–H groups in total. The zero-order chi connectivity index (χ0) is 17.9. The summed E-state index contributed by atoms with van der Waals surface area (Å²) < 4.78 is 11.2. The molecule has 25 heavy (non-hydrogen) atoms. The Morgan fingerprint density at radius 1 is 1.28 bits per heavy atom. The zero-order valence-corrected chi connectivity index (χ0v) is 15.8. The maximum Gasteiger partial charge on any atom is 0.241 e. The molecule has 1 aromatic heterocycles. The third-order valence-electron chi connectivity index (χ3n) is 5.41. The highest BCUT2D eigenvalue weighted by Crippen LogP contribution is 2.36. The molecular weight excluding hydrogens is 314 g/mol. The molecule has 1 fully saturated rings. The molecule has 3 rings (SSSR count). The summed E-state index contributed by atoms with van der Waals surface area (Å²) in [5.41, 5.74) is 1.19. The summed E-state index contributed by atoms with van der Waals surface area (Å²) in [6, 6.07) is 8.41. The Balaban J connectivity index is 1.76. The first-order valence-corrected chi connectivity index (χ1v) is 9.34. The van der Waals surface area contributed by atoms with Gasteiger partial charge in [-0.1, -0.05) is 38.1 Å². The van der Waals surface area contributed by atoms with Crippen LogP contribution in [0.2, 0.25) is 0 Å². The van der Waals surface area contributed by atoms with E-state index in [2.05, 4.69) is 35.8 Å². The normalized spacial score (nSPS) is 18.6. The lowest BCUT2D eigenvalue weighted by Gasteiger charge is -2.36. The predicted molar refractivity (Wildman–Crippen MR) is 98.4 cm³/mol. The minimum Gasteiger partial charge on any atom is -0.493 e. The van der Waals surface area contributed by atoms with E-state index in [1.54, 1.807) is 0 Å². The van der Waals surface area contributed by atoms with Gasteiger partial charge in [0, 0.05) is 6.04 Å². The second kappa shape index (κ2) is 7.56. The zero-order valence-electron chi connectivity index (χ0n) is 15.8. The first kappa shape index (κ1) is 17.9. The van der Waals surface area contributed by atoms with Crippen LogP contribution in [0.3, 0.4) is 0 Å². The maximum absolute atomic E-state index is 5.68. The Labute approximate surface area is 150 Å². The highest BCUT2D eigenvalue weighted by Gasteiger charge is 2.36. The van der Waals surface area contributed by atoms with Gasteiger partial charge in [0.25, 0.3) is 0 Å². The molecule has 2 heterocycles. The number of rotatable bonds is 7. The molecule has 1 aliphatic heterocycles. The van der Waals surface area contributed by atoms with E-state index in [0.717, 1.165) is 24.4 Å². The number of para-hydroxylation sites is 1. The van der Waals surface area contributed by atoms with Crippen molar-refractivity contribution >= 4 is 0 Å². The van der Waals surface area contributed by atoms with E-state index in [9.17, 15) is 0 Å². The fourth-order valence-corrected chi connectivity index (χ4v) is 3.67. The molecule has 1 aromatic carbocycles. The maximum atomic E-state index is 5.68. The van der Waals surface area contributed by atoms with Gasteiger partial charge in [-0.3, -0.25) is 4.90 Å². The summed E-state index contributed by atoms with van der Waals surface area (Å²) in [6.07, 6.45) is 3.66. The molecule has 1 aliphatic rings. The summed E-state index contributed by atoms with van der Waals surface area (Å²) in [6.45, 7) is 11.4. The Kier molecular flexibility index (Phi) is 5.42. The van der Waals surface area contributed by atoms with E-state index in [4.69, 9.17) is 9.26 Å². The topological polar surface area (TPSA) is 51.4 Å². The second-order valence-electron chi connectivity index (χ2n) is 7.41. The van der Waals surface area contributed by atoms with Crippen molar-refractivity contribution in [3.8, 4) is 17.1 Å². The SMILES string of the molecule is CCOc1ccccc1-c1noc(CN2CCC[C@H]2C(C)(C)CC)n1. The van der Waals surface area contributed by atoms with Gasteiger partial charge in [0.05, 0.1) is 18.7 Å². The van der Waals surface area contributed by atoms with Crippen LogP contribution in [0.15, 0.2) is 28.8 Å². The molecule has 0 aliphatic carbocycles. The lowest BCUT2D eigenvalue weighted by Crippen LogP contribution is -2.40. The average molecular weight is 343 g/mol. The number of hydrogen-bond acceptors (Lipinski definition) is 5. The molecule has 0 unspecified atom stereocenters. The predicted octanol–water partition coefficient (Wildman–Crippen LogP) is 4.54. The van der Waals surface area contributed by atoms with E-state index in [-0.39, 0.29) is 0 Å². The minimum atomic E-state index is 0.306. The number of nitrogens with zero attached hydrogens (tertiary/aromatic N) is 3. The van der Waals surface area contributed by atoms with Crippen molar-refractivity contribution in [2.45, 2.75) is 59.5 Å². The highest BCUT2D eigenvalue weighted by molar-refractivity contribution is 5.63. The molecule has 5 nitrogen and oxygen atoms in total. The average Bonchev–Trinajstić information content (AvgIpc) is 3.26. The fourth-order valence-electron chi connectivity index (χ4n) is 3.67. The second-order valence-corrected chi connectivity index (χ2v) is 7.41. The van der Waals surface area contributed by atoms with Crippen molar-refractivity contribution < 1.29 is 9.26 Å². The van der Waals surface area contributed by atoms with Gasteiger partial charge in [0.1, 0.15) is 5.75 Å². The molecule has 1 saturated heterocycles. The van der Waals surface area contributed by atoms with Crippen LogP contribution >= 0.6 is 0 Å². The number of ether oxygens (including phenoxy) is 1. The van der Waals surface area contributed by atoms with Crippen molar-refractivity contribution in [2.24, 2.45) is 5.41 Å². The largest absolute Gasteiger partial charge is 0.493 e. The van der Waals surface area contributed by atoms with Gasteiger partial charge >= 0.3 is 0 Å². The number of benzene rings is 1. The summed E-state index contributed by atoms with van der Waals surface area (Å²) >= 11 is 0. The van der Waals surface area contributed by atoms with Gasteiger partial charge < -0.3 is 9.26 Å². The molecule has 0 bridgehead atoms. The van der Waals surface area contributed by atoms with Gasteiger partial charge in [-0.05, 0) is 50.3 Å². The molecule has 1 atom stereocenters. The Hall–Kier alpha value is -1.88. The van der Waals surface area contributed by atoms with Crippen LogP contribution in [-0.2, 0) is 6.54 Å². The first-order chi connectivity index (χ1) is 12.0. The third-order valence-corrected chi connectivity index (χ3v) is 5.41. The molecule has 5 heteroatoms. The van der Waals surface area contributed by atoms with E-state index < -0.39 is 0 Å². The van der Waals surface area contributed by atoms with E-state index in [0.29, 0.717) is 29.8 Å². The van der Waals surface area contributed by atoms with Crippen molar-refractivity contribution in [3.05, 3.63) is 30.2 Å². The van der Waals surface area contributed by atoms with Crippen LogP contribution < -0.4 is 4.74 Å². The van der Waals surface area contributed by atoms with Gasteiger partial charge in [0.2, 0.25) is 11.7 Å². The molecule has 2 aromatic rings. The van der Waals surface area contributed by atoms with Crippen molar-refractivity contribution in [2.75, 3.05) is 13.2 Å². The third kappa shape index (κ3) is 3.87. The quantitative estimate of drug-likeness (QED) is 0.739. The van der Waals surface area contributed by atoms with Crippen molar-refractivity contribution in [1.29, 1.82) is 0 Å². The Bertz CT molecular complexity index is 696. The summed E-state index contributed by atoms with van der Waals surface area (Å²) in [4.78, 5) is 7.13. The van der Waals surface area contributed by atoms with Crippen LogP contribution in [-0.4, -0.2) is 34.2 Å². The van der Waals surface area contributed by atoms with E-state index >= 15 is 0 Å². The summed E-state index contributed by atoms with van der Waals surface area (Å²) in [7, 11) is 0. The highest BCUT2D eigenvalue weighted by atomic mass is 16.5. The van der Waals surface area contributed by atoms with Crippen LogP contribution in [0.1, 0.15) is 52.8 Å². The molecule has 0 saturated carbocycles. The lowest BCUT2D eigenvalue weighted by atomic mass is 9.80. The van der Waals surface area contributed by atoms with Gasteiger partial charge in [-0.25, -0.2) is 0 Å². The van der Waals surface area contributed by atoms with Crippen molar-refractivity contribution in [3.63, 3.8) is 0 Å². The standard InChI is InChI=1S/C20H29N3O2/c1-5-20(3,4)17-12-9-13-23(17)14-18-21-19(22-25-18)15-10-7-8-11-16(15)24-6-2/h7-8,10-11,17H,5-6,9,12-14H2,1-4H3/t17-/m0/s1. The molecule has 136 valence electrons. The van der Waals surface area contributed by atoms with Crippen LogP contribution in [0.25, 0.3) is 11.4 Å². The first-order valence-electron chi connectivity index (χ1n) is 9.34. The van der Waals surface area contributed by atoms with Gasteiger partial charge in [-0.2, -0.15) is 4.98 Å². The smallest absolute Gasteiger partial charge is 0.241 e. The van der Waals surface area contributed by atoms with E-state index in [1.165, 1.54) is 19.3 Å². The molecule has 0 spiro atoms. The Morgan fingerprint density at radius 2 is 2.08 bits per heavy atom. The number of hydrogen-bond donors (Lipinski definition) is 0. The van der Waals surface area contributed by atoms with Gasteiger partial charge in [-0.15, -0.1) is 0 Å². The van der Waals surface area contributed by atoms with Crippen LogP contribution in [0.4, 0.5) is 0 Å². The molecular formula is C20H29N3O2. The minimum absolute atomic E-state index is 0.306. The van der Waals surface area contributed by atoms with Crippen molar-refractivity contribution in [1.82, 2.24) is 15.0 Å². The monoisotopic (exact) mass is 343 g/mol. The van der Waals surface area contributed by atoms with Crippen LogP contribution in [0, 0.1) is 5.41 Å². The number of likely N-dealkylation sites (tertiary alicyclic amines) is 1. The fraction of sp³-hybridized carbons (Fsp3) is 0.600. The number of aromatic nitrogens is 2. The molecule has 0 radical (unpaired) electrons. The van der Waals surface area contributed by atoms with E-state index in [1.807, 2.05) is 31.2 Å². The lowest BCUT2D eigenvalue weighted by molar-refractivity contribution is 0.105. The Morgan fingerprint density at radius 3 is 2.84 bits per heavy atom. The summed E-state index contributed by atoms with van der Waals surface area (Å²) in [5.74, 6) is 2.08.